The van der Waals surface area contributed by atoms with E-state index in [2.05, 4.69) is 15.9 Å². The molecule has 1 heterocycles. The van der Waals surface area contributed by atoms with Crippen molar-refractivity contribution in [2.45, 2.75) is 12.5 Å². The molecular formula is C7H7BrO3S. The lowest BCUT2D eigenvalue weighted by atomic mass is 10.2. The Morgan fingerprint density at radius 3 is 2.83 bits per heavy atom. The molecule has 0 saturated carbocycles. The Balaban J connectivity index is 2.58. The third-order valence-electron chi connectivity index (χ3n) is 1.30. The second kappa shape index (κ2) is 4.02. The summed E-state index contributed by atoms with van der Waals surface area (Å²) >= 11 is 4.67. The van der Waals surface area contributed by atoms with Crippen LogP contribution in [-0.2, 0) is 11.2 Å². The molecule has 0 aromatic carbocycles. The Kier molecular flexibility index (Phi) is 3.25. The molecule has 0 aliphatic carbocycles. The number of aliphatic hydroxyl groups is 1. The number of aliphatic carboxylic acids is 1. The first-order valence-corrected chi connectivity index (χ1v) is 4.90. The zero-order chi connectivity index (χ0) is 9.14. The summed E-state index contributed by atoms with van der Waals surface area (Å²) in [6.07, 6.45) is -1.12. The van der Waals surface area contributed by atoms with Crippen LogP contribution in [-0.4, -0.2) is 22.3 Å². The van der Waals surface area contributed by atoms with Crippen LogP contribution >= 0.6 is 27.3 Å². The second-order valence-electron chi connectivity index (χ2n) is 2.29. The summed E-state index contributed by atoms with van der Waals surface area (Å²) in [4.78, 5) is 11.1. The molecule has 0 aliphatic heterocycles. The Morgan fingerprint density at radius 1 is 1.75 bits per heavy atom. The van der Waals surface area contributed by atoms with E-state index in [1.165, 1.54) is 11.3 Å². The molecule has 0 aliphatic rings. The van der Waals surface area contributed by atoms with Crippen LogP contribution in [0.3, 0.4) is 0 Å². The minimum absolute atomic E-state index is 0.172. The number of rotatable bonds is 3. The summed E-state index contributed by atoms with van der Waals surface area (Å²) in [5.74, 6) is -1.18. The number of halogens is 1. The third-order valence-corrected chi connectivity index (χ3v) is 3.02. The topological polar surface area (TPSA) is 57.5 Å². The predicted octanol–water partition coefficient (Wildman–Crippen LogP) is 1.50. The molecule has 0 radical (unpaired) electrons. The first-order chi connectivity index (χ1) is 5.59. The molecule has 0 bridgehead atoms. The molecule has 0 spiro atoms. The fraction of sp³-hybridized carbons (Fsp3) is 0.286. The van der Waals surface area contributed by atoms with Gasteiger partial charge in [0, 0.05) is 21.2 Å². The van der Waals surface area contributed by atoms with Crippen LogP contribution in [0.25, 0.3) is 0 Å². The van der Waals surface area contributed by atoms with Crippen LogP contribution in [0.4, 0.5) is 0 Å². The van der Waals surface area contributed by atoms with E-state index in [9.17, 15) is 4.79 Å². The van der Waals surface area contributed by atoms with E-state index in [1.807, 2.05) is 5.38 Å². The van der Waals surface area contributed by atoms with E-state index in [1.54, 1.807) is 6.07 Å². The highest BCUT2D eigenvalue weighted by atomic mass is 79.9. The van der Waals surface area contributed by atoms with Crippen molar-refractivity contribution in [1.82, 2.24) is 0 Å². The Bertz CT molecular complexity index is 284. The maximum atomic E-state index is 10.3. The summed E-state index contributed by atoms with van der Waals surface area (Å²) in [5, 5.41) is 19.2. The van der Waals surface area contributed by atoms with Gasteiger partial charge < -0.3 is 10.2 Å². The lowest BCUT2D eigenvalue weighted by molar-refractivity contribution is -0.146. The average Bonchev–Trinajstić information content (AvgIpc) is 2.35. The molecule has 2 N–H and O–H groups in total. The standard InChI is InChI=1S/C7H7BrO3S/c8-4-1-5(12-3-4)2-6(9)7(10)11/h1,3,6,9H,2H2,(H,10,11)/t6-/m0/s1. The number of carboxylic acids is 1. The van der Waals surface area contributed by atoms with Crippen molar-refractivity contribution in [2.75, 3.05) is 0 Å². The van der Waals surface area contributed by atoms with E-state index in [0.717, 1.165) is 9.35 Å². The van der Waals surface area contributed by atoms with Crippen molar-refractivity contribution in [1.29, 1.82) is 0 Å². The Morgan fingerprint density at radius 2 is 2.42 bits per heavy atom. The van der Waals surface area contributed by atoms with Crippen LogP contribution in [0, 0.1) is 0 Å². The highest BCUT2D eigenvalue weighted by Crippen LogP contribution is 2.20. The van der Waals surface area contributed by atoms with Crippen molar-refractivity contribution >= 4 is 33.2 Å². The van der Waals surface area contributed by atoms with Gasteiger partial charge in [0.25, 0.3) is 0 Å². The molecule has 0 amide bonds. The second-order valence-corrected chi connectivity index (χ2v) is 4.20. The summed E-state index contributed by atoms with van der Waals surface area (Å²) in [6, 6.07) is 1.80. The molecule has 1 aromatic rings. The van der Waals surface area contributed by atoms with Gasteiger partial charge in [-0.25, -0.2) is 4.79 Å². The van der Waals surface area contributed by atoms with Crippen molar-refractivity contribution in [2.24, 2.45) is 0 Å². The van der Waals surface area contributed by atoms with Crippen LogP contribution in [0.5, 0.6) is 0 Å². The molecule has 66 valence electrons. The lowest BCUT2D eigenvalue weighted by Crippen LogP contribution is -2.21. The number of hydrogen-bond donors (Lipinski definition) is 2. The van der Waals surface area contributed by atoms with Gasteiger partial charge in [-0.2, -0.15) is 0 Å². The minimum Gasteiger partial charge on any atom is -0.479 e. The van der Waals surface area contributed by atoms with Gasteiger partial charge in [-0.15, -0.1) is 11.3 Å². The highest BCUT2D eigenvalue weighted by Gasteiger charge is 2.14. The molecule has 0 fully saturated rings. The van der Waals surface area contributed by atoms with Crippen LogP contribution in [0.2, 0.25) is 0 Å². The fourth-order valence-electron chi connectivity index (χ4n) is 0.739. The number of carboxylic acid groups (broad SMARTS) is 1. The molecule has 3 nitrogen and oxygen atoms in total. The average molecular weight is 251 g/mol. The van der Waals surface area contributed by atoms with Gasteiger partial charge in [0.1, 0.15) is 0 Å². The summed E-state index contributed by atoms with van der Waals surface area (Å²) in [5.41, 5.74) is 0. The summed E-state index contributed by atoms with van der Waals surface area (Å²) < 4.78 is 0.917. The fourth-order valence-corrected chi connectivity index (χ4v) is 2.23. The number of hydrogen-bond acceptors (Lipinski definition) is 3. The molecule has 1 aromatic heterocycles. The number of thiophene rings is 1. The van der Waals surface area contributed by atoms with Gasteiger partial charge in [0.2, 0.25) is 0 Å². The highest BCUT2D eigenvalue weighted by molar-refractivity contribution is 9.10. The SMILES string of the molecule is O=C(O)[C@@H](O)Cc1cc(Br)cs1. The van der Waals surface area contributed by atoms with Crippen LogP contribution in [0.15, 0.2) is 15.9 Å². The minimum atomic E-state index is -1.30. The van der Waals surface area contributed by atoms with Crippen molar-refractivity contribution in [3.63, 3.8) is 0 Å². The van der Waals surface area contributed by atoms with E-state index in [0.29, 0.717) is 0 Å². The van der Waals surface area contributed by atoms with E-state index in [4.69, 9.17) is 10.2 Å². The van der Waals surface area contributed by atoms with E-state index < -0.39 is 12.1 Å². The molecule has 0 unspecified atom stereocenters. The first kappa shape index (κ1) is 9.70. The van der Waals surface area contributed by atoms with Crippen LogP contribution < -0.4 is 0 Å². The van der Waals surface area contributed by atoms with Gasteiger partial charge in [-0.1, -0.05) is 0 Å². The first-order valence-electron chi connectivity index (χ1n) is 3.23. The largest absolute Gasteiger partial charge is 0.479 e. The molecule has 1 rings (SSSR count). The normalized spacial score (nSPS) is 12.8. The maximum absolute atomic E-state index is 10.3. The monoisotopic (exact) mass is 250 g/mol. The summed E-state index contributed by atoms with van der Waals surface area (Å²) in [7, 11) is 0. The van der Waals surface area contributed by atoms with Gasteiger partial charge in [-0.05, 0) is 22.0 Å². The maximum Gasteiger partial charge on any atom is 0.332 e. The lowest BCUT2D eigenvalue weighted by Gasteiger charge is -2.01. The van der Waals surface area contributed by atoms with Gasteiger partial charge in [0.15, 0.2) is 6.10 Å². The predicted molar refractivity (Wildman–Crippen MR) is 49.4 cm³/mol. The molecule has 12 heavy (non-hydrogen) atoms. The van der Waals surface area contributed by atoms with Gasteiger partial charge in [-0.3, -0.25) is 0 Å². The quantitative estimate of drug-likeness (QED) is 0.855. The molecule has 5 heteroatoms. The smallest absolute Gasteiger partial charge is 0.332 e. The molecule has 1 atom stereocenters. The molecular weight excluding hydrogens is 244 g/mol. The van der Waals surface area contributed by atoms with Gasteiger partial charge >= 0.3 is 5.97 Å². The van der Waals surface area contributed by atoms with E-state index >= 15 is 0 Å². The van der Waals surface area contributed by atoms with E-state index in [-0.39, 0.29) is 6.42 Å². The number of aliphatic hydroxyl groups excluding tert-OH is 1. The zero-order valence-corrected chi connectivity index (χ0v) is 8.43. The summed E-state index contributed by atoms with van der Waals surface area (Å²) in [6.45, 7) is 0. The Hall–Kier alpha value is -0.390. The van der Waals surface area contributed by atoms with Gasteiger partial charge in [0.05, 0.1) is 0 Å². The Labute approximate surface area is 81.8 Å². The van der Waals surface area contributed by atoms with Crippen LogP contribution in [0.1, 0.15) is 4.88 Å². The molecule has 0 saturated heterocycles. The van der Waals surface area contributed by atoms with Crippen molar-refractivity contribution < 1.29 is 15.0 Å². The zero-order valence-electron chi connectivity index (χ0n) is 6.03. The van der Waals surface area contributed by atoms with Crippen molar-refractivity contribution in [3.8, 4) is 0 Å². The number of carbonyl (C=O) groups is 1. The van der Waals surface area contributed by atoms with Crippen molar-refractivity contribution in [3.05, 3.63) is 20.8 Å². The third kappa shape index (κ3) is 2.58.